The highest BCUT2D eigenvalue weighted by atomic mass is 79.9. The van der Waals surface area contributed by atoms with Crippen LogP contribution in [0.3, 0.4) is 0 Å². The summed E-state index contributed by atoms with van der Waals surface area (Å²) in [6, 6.07) is 4.55. The van der Waals surface area contributed by atoms with E-state index < -0.39 is 0 Å². The van der Waals surface area contributed by atoms with Crippen LogP contribution in [-0.2, 0) is 11.3 Å². The number of carbonyl (C=O) groups is 1. The Balaban J connectivity index is 2.78. The second-order valence-corrected chi connectivity index (χ2v) is 5.62. The lowest BCUT2D eigenvalue weighted by Gasteiger charge is -2.23. The van der Waals surface area contributed by atoms with Crippen molar-refractivity contribution in [1.29, 1.82) is 0 Å². The smallest absolute Gasteiger partial charge is 0.231 e. The van der Waals surface area contributed by atoms with Gasteiger partial charge in [0, 0.05) is 17.6 Å². The number of halogens is 2. The second kappa shape index (κ2) is 6.85. The highest BCUT2D eigenvalue weighted by Gasteiger charge is 2.12. The van der Waals surface area contributed by atoms with Gasteiger partial charge in [0.25, 0.3) is 0 Å². The van der Waals surface area contributed by atoms with E-state index in [1.165, 1.54) is 12.1 Å². The quantitative estimate of drug-likeness (QED) is 0.876. The number of nitrogens with two attached hydrogens (primary N) is 1. The van der Waals surface area contributed by atoms with Gasteiger partial charge in [-0.3, -0.25) is 9.69 Å². The first-order valence-electron chi connectivity index (χ1n) is 5.83. The predicted octanol–water partition coefficient (Wildman–Crippen LogP) is 2.53. The third kappa shape index (κ3) is 5.14. The molecule has 0 unspecified atom stereocenters. The molecule has 0 aromatic heterocycles. The van der Waals surface area contributed by atoms with Gasteiger partial charge < -0.3 is 5.73 Å². The van der Waals surface area contributed by atoms with Crippen molar-refractivity contribution in [3.05, 3.63) is 34.1 Å². The van der Waals surface area contributed by atoms with E-state index in [-0.39, 0.29) is 18.3 Å². The number of rotatable bonds is 6. The summed E-state index contributed by atoms with van der Waals surface area (Å²) in [5, 5.41) is 0. The van der Waals surface area contributed by atoms with Crippen LogP contribution in [0, 0.1) is 11.7 Å². The van der Waals surface area contributed by atoms with Gasteiger partial charge in [-0.05, 0) is 23.6 Å². The molecule has 2 N–H and O–H groups in total. The Hall–Kier alpha value is -0.940. The van der Waals surface area contributed by atoms with Crippen molar-refractivity contribution in [1.82, 2.24) is 4.90 Å². The fourth-order valence-electron chi connectivity index (χ4n) is 1.81. The van der Waals surface area contributed by atoms with Gasteiger partial charge in [0.05, 0.1) is 6.54 Å². The first-order chi connectivity index (χ1) is 8.38. The molecule has 0 saturated carbocycles. The molecule has 0 saturated heterocycles. The fraction of sp³-hybridized carbons (Fsp3) is 0.462. The SMILES string of the molecule is CC(C)CN(CC(N)=O)Cc1ccc(F)cc1Br. The minimum absolute atomic E-state index is 0.210. The summed E-state index contributed by atoms with van der Waals surface area (Å²) in [7, 11) is 0. The number of nitrogens with zero attached hydrogens (tertiary/aromatic N) is 1. The van der Waals surface area contributed by atoms with Gasteiger partial charge in [-0.25, -0.2) is 4.39 Å². The predicted molar refractivity (Wildman–Crippen MR) is 73.4 cm³/mol. The highest BCUT2D eigenvalue weighted by Crippen LogP contribution is 2.20. The molecule has 1 aromatic rings. The van der Waals surface area contributed by atoms with Crippen LogP contribution in [0.2, 0.25) is 0 Å². The Morgan fingerprint density at radius 3 is 2.67 bits per heavy atom. The van der Waals surface area contributed by atoms with E-state index in [1.54, 1.807) is 6.07 Å². The van der Waals surface area contributed by atoms with Crippen molar-refractivity contribution < 1.29 is 9.18 Å². The zero-order chi connectivity index (χ0) is 13.7. The Morgan fingerprint density at radius 1 is 1.50 bits per heavy atom. The van der Waals surface area contributed by atoms with Gasteiger partial charge in [0.1, 0.15) is 5.82 Å². The number of carbonyl (C=O) groups excluding carboxylic acids is 1. The van der Waals surface area contributed by atoms with E-state index >= 15 is 0 Å². The molecule has 0 aliphatic heterocycles. The molecule has 1 aromatic carbocycles. The van der Waals surface area contributed by atoms with E-state index in [0.29, 0.717) is 16.9 Å². The lowest BCUT2D eigenvalue weighted by Crippen LogP contribution is -2.35. The molecule has 0 heterocycles. The molecule has 0 spiro atoms. The molecule has 0 atom stereocenters. The summed E-state index contributed by atoms with van der Waals surface area (Å²) in [5.74, 6) is -0.201. The van der Waals surface area contributed by atoms with Crippen molar-refractivity contribution in [2.24, 2.45) is 11.7 Å². The van der Waals surface area contributed by atoms with Crippen LogP contribution < -0.4 is 5.73 Å². The van der Waals surface area contributed by atoms with Crippen molar-refractivity contribution in [2.75, 3.05) is 13.1 Å². The third-order valence-corrected chi connectivity index (χ3v) is 3.15. The van der Waals surface area contributed by atoms with Crippen LogP contribution in [0.25, 0.3) is 0 Å². The molecular weight excluding hydrogens is 299 g/mol. The molecule has 100 valence electrons. The minimum atomic E-state index is -0.353. The van der Waals surface area contributed by atoms with Gasteiger partial charge in [-0.1, -0.05) is 35.8 Å². The van der Waals surface area contributed by atoms with Gasteiger partial charge in [0.2, 0.25) is 5.91 Å². The standard InChI is InChI=1S/C13H18BrFN2O/c1-9(2)6-17(8-13(16)18)7-10-3-4-11(15)5-12(10)14/h3-5,9H,6-8H2,1-2H3,(H2,16,18). The van der Waals surface area contributed by atoms with Crippen molar-refractivity contribution in [3.63, 3.8) is 0 Å². The summed E-state index contributed by atoms with van der Waals surface area (Å²) in [5.41, 5.74) is 6.18. The number of amides is 1. The van der Waals surface area contributed by atoms with Crippen LogP contribution in [0.1, 0.15) is 19.4 Å². The van der Waals surface area contributed by atoms with Gasteiger partial charge in [-0.15, -0.1) is 0 Å². The van der Waals surface area contributed by atoms with Gasteiger partial charge in [-0.2, -0.15) is 0 Å². The molecule has 0 radical (unpaired) electrons. The highest BCUT2D eigenvalue weighted by molar-refractivity contribution is 9.10. The fourth-order valence-corrected chi connectivity index (χ4v) is 2.29. The van der Waals surface area contributed by atoms with Crippen LogP contribution in [0.5, 0.6) is 0 Å². The summed E-state index contributed by atoms with van der Waals surface area (Å²) in [6.07, 6.45) is 0. The van der Waals surface area contributed by atoms with Crippen molar-refractivity contribution >= 4 is 21.8 Å². The minimum Gasteiger partial charge on any atom is -0.369 e. The average molecular weight is 317 g/mol. The molecular formula is C13H18BrFN2O. The Kier molecular flexibility index (Phi) is 5.75. The Labute approximate surface area is 115 Å². The maximum atomic E-state index is 13.0. The molecule has 1 amide bonds. The lowest BCUT2D eigenvalue weighted by atomic mass is 10.1. The zero-order valence-electron chi connectivity index (χ0n) is 10.6. The van der Waals surface area contributed by atoms with Crippen LogP contribution in [-0.4, -0.2) is 23.9 Å². The summed E-state index contributed by atoms with van der Waals surface area (Å²) in [4.78, 5) is 13.0. The van der Waals surface area contributed by atoms with E-state index in [9.17, 15) is 9.18 Å². The summed E-state index contributed by atoms with van der Waals surface area (Å²) < 4.78 is 13.7. The van der Waals surface area contributed by atoms with E-state index in [1.807, 2.05) is 4.90 Å². The summed E-state index contributed by atoms with van der Waals surface area (Å²) >= 11 is 3.33. The summed E-state index contributed by atoms with van der Waals surface area (Å²) in [6.45, 7) is 5.71. The molecule has 0 aliphatic rings. The monoisotopic (exact) mass is 316 g/mol. The van der Waals surface area contributed by atoms with E-state index in [0.717, 1.165) is 12.1 Å². The molecule has 18 heavy (non-hydrogen) atoms. The first-order valence-corrected chi connectivity index (χ1v) is 6.62. The Bertz CT molecular complexity index is 423. The number of hydrogen-bond acceptors (Lipinski definition) is 2. The van der Waals surface area contributed by atoms with Crippen molar-refractivity contribution in [2.45, 2.75) is 20.4 Å². The largest absolute Gasteiger partial charge is 0.369 e. The molecule has 0 aliphatic carbocycles. The van der Waals surface area contributed by atoms with Crippen LogP contribution in [0.4, 0.5) is 4.39 Å². The zero-order valence-corrected chi connectivity index (χ0v) is 12.2. The maximum absolute atomic E-state index is 13.0. The molecule has 5 heteroatoms. The molecule has 1 rings (SSSR count). The van der Waals surface area contributed by atoms with Crippen molar-refractivity contribution in [3.8, 4) is 0 Å². The molecule has 0 fully saturated rings. The molecule has 3 nitrogen and oxygen atoms in total. The Morgan fingerprint density at radius 2 is 2.17 bits per heavy atom. The lowest BCUT2D eigenvalue weighted by molar-refractivity contribution is -0.119. The van der Waals surface area contributed by atoms with E-state index in [4.69, 9.17) is 5.73 Å². The van der Waals surface area contributed by atoms with Crippen LogP contribution in [0.15, 0.2) is 22.7 Å². The normalized spacial score (nSPS) is 11.2. The van der Waals surface area contributed by atoms with Crippen LogP contribution >= 0.6 is 15.9 Å². The third-order valence-electron chi connectivity index (χ3n) is 2.41. The van der Waals surface area contributed by atoms with Gasteiger partial charge in [0.15, 0.2) is 0 Å². The first kappa shape index (κ1) is 15.1. The second-order valence-electron chi connectivity index (χ2n) is 4.77. The number of hydrogen-bond donors (Lipinski definition) is 1. The maximum Gasteiger partial charge on any atom is 0.231 e. The molecule has 0 bridgehead atoms. The number of benzene rings is 1. The average Bonchev–Trinajstić information content (AvgIpc) is 2.20. The topological polar surface area (TPSA) is 46.3 Å². The van der Waals surface area contributed by atoms with E-state index in [2.05, 4.69) is 29.8 Å². The number of primary amides is 1. The van der Waals surface area contributed by atoms with Gasteiger partial charge >= 0.3 is 0 Å².